The fraction of sp³-hybridized carbons (Fsp3) is 0.469. The Labute approximate surface area is 202 Å². The number of hydrogen-bond acceptors (Lipinski definition) is 1. The summed E-state index contributed by atoms with van der Waals surface area (Å²) in [4.78, 5) is 12.0. The topological polar surface area (TPSA) is 29.1 Å². The van der Waals surface area contributed by atoms with Gasteiger partial charge in [0.1, 0.15) is 0 Å². The number of nitrogens with one attached hydrogen (secondary N) is 1. The van der Waals surface area contributed by atoms with Gasteiger partial charge >= 0.3 is 0 Å². The van der Waals surface area contributed by atoms with Gasteiger partial charge in [0, 0.05) is 11.5 Å². The molecular weight excluding hydrogens is 414 g/mol. The molecule has 7 atom stereocenters. The second-order valence-corrected chi connectivity index (χ2v) is 12.2. The first-order valence-corrected chi connectivity index (χ1v) is 13.4. The maximum absolute atomic E-state index is 12.0. The van der Waals surface area contributed by atoms with E-state index in [0.29, 0.717) is 23.3 Å². The summed E-state index contributed by atoms with van der Waals surface area (Å²) in [6, 6.07) is 21.0. The van der Waals surface area contributed by atoms with Crippen LogP contribution in [0.15, 0.2) is 66.7 Å². The second-order valence-electron chi connectivity index (χ2n) is 12.2. The Hall–Kier alpha value is -2.61. The Morgan fingerprint density at radius 1 is 0.824 bits per heavy atom. The normalized spacial score (nSPS) is 38.9. The van der Waals surface area contributed by atoms with E-state index in [1.807, 2.05) is 6.08 Å². The molecule has 34 heavy (non-hydrogen) atoms. The maximum atomic E-state index is 12.0. The van der Waals surface area contributed by atoms with E-state index in [2.05, 4.69) is 79.8 Å². The highest BCUT2D eigenvalue weighted by atomic mass is 16.1. The third kappa shape index (κ3) is 2.78. The minimum absolute atomic E-state index is 0.103. The van der Waals surface area contributed by atoms with Gasteiger partial charge in [-0.25, -0.2) is 0 Å². The van der Waals surface area contributed by atoms with Crippen LogP contribution in [0.5, 0.6) is 0 Å². The number of carbonyl (C=O) groups is 1. The fourth-order valence-corrected chi connectivity index (χ4v) is 9.13. The predicted octanol–water partition coefficient (Wildman–Crippen LogP) is 7.37. The molecule has 1 heterocycles. The van der Waals surface area contributed by atoms with Crippen LogP contribution in [0.25, 0.3) is 21.5 Å². The first-order chi connectivity index (χ1) is 16.5. The van der Waals surface area contributed by atoms with Crippen molar-refractivity contribution in [3.63, 3.8) is 0 Å². The van der Waals surface area contributed by atoms with Crippen LogP contribution >= 0.6 is 0 Å². The van der Waals surface area contributed by atoms with Crippen LogP contribution in [0.3, 0.4) is 0 Å². The van der Waals surface area contributed by atoms with E-state index in [-0.39, 0.29) is 11.3 Å². The molecule has 1 aliphatic heterocycles. The average Bonchev–Trinajstić information content (AvgIpc) is 3.21. The largest absolute Gasteiger partial charge is 0.349 e. The van der Waals surface area contributed by atoms with Gasteiger partial charge in [-0.05, 0) is 101 Å². The maximum Gasteiger partial charge on any atom is 0.243 e. The molecule has 3 aliphatic carbocycles. The zero-order chi connectivity index (χ0) is 23.1. The molecule has 0 spiro atoms. The summed E-state index contributed by atoms with van der Waals surface area (Å²) in [7, 11) is 0. The Kier molecular flexibility index (Phi) is 4.39. The molecular formula is C32H35NO. The van der Waals surface area contributed by atoms with Crippen molar-refractivity contribution in [2.24, 2.45) is 28.6 Å². The summed E-state index contributed by atoms with van der Waals surface area (Å²) in [5.74, 6) is 3.04. The first kappa shape index (κ1) is 20.7. The van der Waals surface area contributed by atoms with Gasteiger partial charge in [0.05, 0.1) is 0 Å². The summed E-state index contributed by atoms with van der Waals surface area (Å²) in [5.41, 5.74) is 2.06. The van der Waals surface area contributed by atoms with E-state index < -0.39 is 0 Å². The lowest BCUT2D eigenvalue weighted by molar-refractivity contribution is -0.122. The molecule has 0 unspecified atom stereocenters. The van der Waals surface area contributed by atoms with E-state index in [1.54, 1.807) is 5.56 Å². The lowest BCUT2D eigenvalue weighted by Crippen LogP contribution is -2.59. The number of fused-ring (bicyclic) bond motifs is 8. The summed E-state index contributed by atoms with van der Waals surface area (Å²) < 4.78 is 0. The molecule has 174 valence electrons. The third-order valence-corrected chi connectivity index (χ3v) is 10.9. The third-order valence-electron chi connectivity index (χ3n) is 10.9. The zero-order valence-electron chi connectivity index (χ0n) is 20.4. The van der Waals surface area contributed by atoms with Crippen molar-refractivity contribution in [2.45, 2.75) is 64.3 Å². The summed E-state index contributed by atoms with van der Waals surface area (Å²) in [6.45, 7) is 5.04. The van der Waals surface area contributed by atoms with Crippen LogP contribution in [-0.2, 0) is 4.79 Å². The molecule has 0 saturated heterocycles. The SMILES string of the molecule is C[C@]12C=CC(=O)N[C@@H]1CC[C@@H]1[C@@H]2CC[C@]2(C)[C@@H](c3ccc4c(ccc5ccccc54)c3)CC[C@@H]12. The van der Waals surface area contributed by atoms with Crippen LogP contribution in [0, 0.1) is 28.6 Å². The Morgan fingerprint density at radius 3 is 2.56 bits per heavy atom. The van der Waals surface area contributed by atoms with Crippen molar-refractivity contribution < 1.29 is 4.79 Å². The van der Waals surface area contributed by atoms with E-state index in [0.717, 1.165) is 18.3 Å². The van der Waals surface area contributed by atoms with E-state index in [9.17, 15) is 4.79 Å². The van der Waals surface area contributed by atoms with Crippen LogP contribution in [0.2, 0.25) is 0 Å². The molecule has 1 N–H and O–H groups in total. The van der Waals surface area contributed by atoms with Crippen molar-refractivity contribution in [3.8, 4) is 0 Å². The van der Waals surface area contributed by atoms with Gasteiger partial charge in [-0.2, -0.15) is 0 Å². The average molecular weight is 450 g/mol. The number of carbonyl (C=O) groups excluding carboxylic acids is 1. The Morgan fingerprint density at radius 2 is 1.65 bits per heavy atom. The molecule has 7 rings (SSSR count). The van der Waals surface area contributed by atoms with Crippen molar-refractivity contribution in [2.75, 3.05) is 0 Å². The lowest BCUT2D eigenvalue weighted by Gasteiger charge is -2.59. The smallest absolute Gasteiger partial charge is 0.243 e. The summed E-state index contributed by atoms with van der Waals surface area (Å²) in [6.07, 6.45) is 11.8. The van der Waals surface area contributed by atoms with Crippen LogP contribution in [-0.4, -0.2) is 11.9 Å². The van der Waals surface area contributed by atoms with Crippen LogP contribution in [0.4, 0.5) is 0 Å². The van der Waals surface area contributed by atoms with Crippen molar-refractivity contribution in [1.82, 2.24) is 5.32 Å². The van der Waals surface area contributed by atoms with Gasteiger partial charge in [0.2, 0.25) is 5.91 Å². The van der Waals surface area contributed by atoms with Gasteiger partial charge in [-0.1, -0.05) is 74.5 Å². The van der Waals surface area contributed by atoms with Crippen molar-refractivity contribution in [1.29, 1.82) is 0 Å². The standard InChI is InChI=1S/C32H35NO/c1-31-17-15-28-25(11-14-29-32(28,2)18-16-30(34)33-29)27(31)13-12-26(31)22-9-10-24-21(19-22)8-7-20-5-3-4-6-23(20)24/h3-10,16,18-19,25-29H,11-15,17H2,1-2H3,(H,33,34)/t25-,26+,27-,28-,29+,31+,32+/m0/s1. The quantitative estimate of drug-likeness (QED) is 0.386. The minimum atomic E-state index is 0.103. The molecule has 3 saturated carbocycles. The first-order valence-electron chi connectivity index (χ1n) is 13.4. The molecule has 2 heteroatoms. The second kappa shape index (κ2) is 7.20. The minimum Gasteiger partial charge on any atom is -0.349 e. The fourth-order valence-electron chi connectivity index (χ4n) is 9.13. The van der Waals surface area contributed by atoms with E-state index >= 15 is 0 Å². The predicted molar refractivity (Wildman–Crippen MR) is 140 cm³/mol. The molecule has 3 aromatic rings. The van der Waals surface area contributed by atoms with Crippen molar-refractivity contribution >= 4 is 27.5 Å². The molecule has 1 amide bonds. The summed E-state index contributed by atoms with van der Waals surface area (Å²) in [5, 5.41) is 8.75. The van der Waals surface area contributed by atoms with Crippen LogP contribution in [0.1, 0.15) is 63.9 Å². The van der Waals surface area contributed by atoms with E-state index in [4.69, 9.17) is 0 Å². The Bertz CT molecular complexity index is 1340. The highest BCUT2D eigenvalue weighted by molar-refractivity contribution is 6.07. The van der Waals surface area contributed by atoms with Gasteiger partial charge in [-0.15, -0.1) is 0 Å². The molecule has 0 radical (unpaired) electrons. The van der Waals surface area contributed by atoms with Gasteiger partial charge < -0.3 is 5.32 Å². The molecule has 0 aromatic heterocycles. The number of rotatable bonds is 1. The van der Waals surface area contributed by atoms with Crippen molar-refractivity contribution in [3.05, 3.63) is 72.3 Å². The zero-order valence-corrected chi connectivity index (χ0v) is 20.4. The van der Waals surface area contributed by atoms with Crippen LogP contribution < -0.4 is 5.32 Å². The molecule has 3 aromatic carbocycles. The number of hydrogen-bond donors (Lipinski definition) is 1. The molecule has 3 fully saturated rings. The lowest BCUT2D eigenvalue weighted by atomic mass is 9.47. The molecule has 2 nitrogen and oxygen atoms in total. The number of amides is 1. The van der Waals surface area contributed by atoms with Gasteiger partial charge in [-0.3, -0.25) is 4.79 Å². The monoisotopic (exact) mass is 449 g/mol. The van der Waals surface area contributed by atoms with Gasteiger partial charge in [0.25, 0.3) is 0 Å². The molecule has 4 aliphatic rings. The summed E-state index contributed by atoms with van der Waals surface area (Å²) >= 11 is 0. The Balaban J connectivity index is 1.23. The number of benzene rings is 3. The van der Waals surface area contributed by atoms with E-state index in [1.165, 1.54) is 53.6 Å². The highest BCUT2D eigenvalue weighted by Crippen LogP contribution is 2.67. The highest BCUT2D eigenvalue weighted by Gasteiger charge is 2.59. The molecule has 0 bridgehead atoms. The van der Waals surface area contributed by atoms with Gasteiger partial charge in [0.15, 0.2) is 0 Å².